The Morgan fingerprint density at radius 2 is 1.94 bits per heavy atom. The lowest BCUT2D eigenvalue weighted by molar-refractivity contribution is -0.364. The van der Waals surface area contributed by atoms with Gasteiger partial charge >= 0.3 is 0 Å². The van der Waals surface area contributed by atoms with Crippen LogP contribution in [0.1, 0.15) is 43.4 Å². The Morgan fingerprint density at radius 3 is 2.69 bits per heavy atom. The number of rotatable bonds is 10. The summed E-state index contributed by atoms with van der Waals surface area (Å²) in [4.78, 5) is 43.5. The predicted molar refractivity (Wildman–Crippen MR) is 171 cm³/mol. The number of carbonyl (C=O) groups is 1. The van der Waals surface area contributed by atoms with Crippen molar-refractivity contribution < 1.29 is 49.3 Å². The molecule has 7 rings (SSSR count). The number of aliphatic hydroxyl groups is 5. The lowest BCUT2D eigenvalue weighted by Crippen LogP contribution is -2.56. The molecule has 14 heteroatoms. The number of anilines is 1. The third-order valence-corrected chi connectivity index (χ3v) is 10.4. The second kappa shape index (κ2) is 13.0. The fourth-order valence-electron chi connectivity index (χ4n) is 7.79. The molecule has 0 bridgehead atoms. The number of carbonyl (C=O) groups excluding carboxylic acids is 1. The summed E-state index contributed by atoms with van der Waals surface area (Å²) in [6, 6.07) is 3.21. The molecule has 1 amide bonds. The Hall–Kier alpha value is -3.63. The van der Waals surface area contributed by atoms with Gasteiger partial charge in [-0.15, -0.1) is 0 Å². The van der Waals surface area contributed by atoms with E-state index in [1.54, 1.807) is 19.2 Å². The molecule has 48 heavy (non-hydrogen) atoms. The average Bonchev–Trinajstić information content (AvgIpc) is 3.80. The van der Waals surface area contributed by atoms with Crippen LogP contribution in [-0.4, -0.2) is 100 Å². The predicted octanol–water partition coefficient (Wildman–Crippen LogP) is 0.526. The van der Waals surface area contributed by atoms with Crippen molar-refractivity contribution in [3.63, 3.8) is 0 Å². The van der Waals surface area contributed by atoms with Crippen molar-refractivity contribution in [3.05, 3.63) is 57.2 Å². The topological polar surface area (TPSA) is 204 Å². The van der Waals surface area contributed by atoms with Gasteiger partial charge in [-0.25, -0.2) is 9.78 Å². The molecule has 1 aromatic heterocycles. The molecule has 0 unspecified atom stereocenters. The van der Waals surface area contributed by atoms with E-state index < -0.39 is 49.3 Å². The SMILES string of the molecule is Cc1cc(=O)c2cc3c(c(N4C=C5N=CC=C5C4)c2o1)O[C@@]1(CCC[C@H]([C@@H]2CNC(=O)C2)C1)[C@H](OOC[C@H](O)[C@@H](O)[C@H](O)[C@H](O)CO)C3. The van der Waals surface area contributed by atoms with Gasteiger partial charge in [0, 0.05) is 49.0 Å². The smallest absolute Gasteiger partial charge is 0.220 e. The Bertz CT molecular complexity index is 1740. The number of amides is 1. The van der Waals surface area contributed by atoms with Gasteiger partial charge in [0.25, 0.3) is 0 Å². The molecular formula is C34H41N3O11. The molecule has 8 atom stereocenters. The van der Waals surface area contributed by atoms with E-state index >= 15 is 0 Å². The first-order valence-corrected chi connectivity index (χ1v) is 16.5. The van der Waals surface area contributed by atoms with E-state index in [1.165, 1.54) is 6.07 Å². The molecule has 1 saturated carbocycles. The zero-order valence-electron chi connectivity index (χ0n) is 26.6. The zero-order chi connectivity index (χ0) is 33.7. The molecule has 4 aliphatic heterocycles. The maximum Gasteiger partial charge on any atom is 0.220 e. The Morgan fingerprint density at radius 1 is 1.12 bits per heavy atom. The Kier molecular flexibility index (Phi) is 8.91. The number of nitrogens with one attached hydrogen (secondary N) is 1. The van der Waals surface area contributed by atoms with E-state index in [2.05, 4.69) is 10.3 Å². The van der Waals surface area contributed by atoms with Crippen molar-refractivity contribution in [3.8, 4) is 5.75 Å². The van der Waals surface area contributed by atoms with Crippen LogP contribution >= 0.6 is 0 Å². The second-order valence-electron chi connectivity index (χ2n) is 13.6. The zero-order valence-corrected chi connectivity index (χ0v) is 26.6. The van der Waals surface area contributed by atoms with E-state index in [9.17, 15) is 30.0 Å². The van der Waals surface area contributed by atoms with E-state index in [0.717, 1.165) is 24.1 Å². The largest absolute Gasteiger partial charge is 0.482 e. The molecule has 5 aliphatic rings. The summed E-state index contributed by atoms with van der Waals surface area (Å²) in [5, 5.41) is 52.9. The quantitative estimate of drug-likeness (QED) is 0.152. The molecule has 6 N–H and O–H groups in total. The van der Waals surface area contributed by atoms with E-state index in [1.807, 2.05) is 17.2 Å². The molecular weight excluding hydrogens is 626 g/mol. The number of ether oxygens (including phenoxy) is 1. The fourth-order valence-corrected chi connectivity index (χ4v) is 7.79. The van der Waals surface area contributed by atoms with Gasteiger partial charge in [0.15, 0.2) is 16.8 Å². The highest BCUT2D eigenvalue weighted by Crippen LogP contribution is 2.52. The second-order valence-corrected chi connectivity index (χ2v) is 13.6. The maximum absolute atomic E-state index is 13.3. The van der Waals surface area contributed by atoms with Gasteiger partial charge in [-0.1, -0.05) is 0 Å². The van der Waals surface area contributed by atoms with Crippen molar-refractivity contribution in [2.75, 3.05) is 31.2 Å². The van der Waals surface area contributed by atoms with Crippen LogP contribution < -0.4 is 20.4 Å². The number of benzene rings is 1. The third kappa shape index (κ3) is 5.95. The van der Waals surface area contributed by atoms with Gasteiger partial charge < -0.3 is 44.9 Å². The van der Waals surface area contributed by atoms with Gasteiger partial charge in [0.2, 0.25) is 5.91 Å². The summed E-state index contributed by atoms with van der Waals surface area (Å²) in [5.74, 6) is 1.32. The first kappa shape index (κ1) is 32.9. The standard InChI is InChI=1S/C34H41N3O11/c1-17-7-24(39)22-8-20-9-27(48-45-16-26(41)31(44)30(43)25(40)15-38)34(5-2-3-18(11-34)21-10-28(42)36-12-21)47-32(20)29(33(22)46-17)37-13-19-4-6-35-23(19)14-37/h4,6-8,14,18,21,25-27,30-31,38,40-41,43-44H,2-3,5,9-13,15-16H2,1H3,(H,36,42)/t18-,21-,25+,26-,27+,30+,31+,34+/m0/s1. The number of allylic oxidation sites excluding steroid dienone is 1. The lowest BCUT2D eigenvalue weighted by Gasteiger charge is -2.49. The maximum atomic E-state index is 13.3. The van der Waals surface area contributed by atoms with Gasteiger partial charge in [0.05, 0.1) is 24.2 Å². The Balaban J connectivity index is 1.25. The molecule has 2 fully saturated rings. The van der Waals surface area contributed by atoms with Crippen LogP contribution in [0.3, 0.4) is 0 Å². The van der Waals surface area contributed by atoms with Crippen LogP contribution in [-0.2, 0) is 21.0 Å². The summed E-state index contributed by atoms with van der Waals surface area (Å²) < 4.78 is 13.4. The number of aliphatic imine (C=N–C) groups is 1. The molecule has 0 radical (unpaired) electrons. The minimum Gasteiger partial charge on any atom is -0.482 e. The van der Waals surface area contributed by atoms with Gasteiger partial charge in [-0.05, 0) is 56.6 Å². The van der Waals surface area contributed by atoms with Crippen LogP contribution in [0.25, 0.3) is 11.0 Å². The van der Waals surface area contributed by atoms with Crippen LogP contribution in [0.15, 0.2) is 49.9 Å². The minimum atomic E-state index is -1.82. The number of hydrogen-bond acceptors (Lipinski definition) is 13. The molecule has 258 valence electrons. The lowest BCUT2D eigenvalue weighted by atomic mass is 9.68. The normalized spacial score (nSPS) is 28.8. The van der Waals surface area contributed by atoms with Crippen molar-refractivity contribution in [2.24, 2.45) is 16.8 Å². The van der Waals surface area contributed by atoms with Gasteiger partial charge in [-0.2, -0.15) is 0 Å². The summed E-state index contributed by atoms with van der Waals surface area (Å²) >= 11 is 0. The van der Waals surface area contributed by atoms with Crippen molar-refractivity contribution >= 4 is 28.8 Å². The number of aliphatic hydroxyl groups excluding tert-OH is 5. The summed E-state index contributed by atoms with van der Waals surface area (Å²) in [5.41, 5.74) is 2.45. The third-order valence-electron chi connectivity index (χ3n) is 10.4. The fraction of sp³-hybridized carbons (Fsp3) is 0.559. The first-order valence-electron chi connectivity index (χ1n) is 16.5. The molecule has 1 aliphatic carbocycles. The minimum absolute atomic E-state index is 0.0236. The summed E-state index contributed by atoms with van der Waals surface area (Å²) in [6.45, 7) is 1.47. The highest BCUT2D eigenvalue weighted by Gasteiger charge is 2.52. The first-order chi connectivity index (χ1) is 23.1. The monoisotopic (exact) mass is 667 g/mol. The number of aryl methyl sites for hydroxylation is 1. The van der Waals surface area contributed by atoms with Crippen LogP contribution in [0, 0.1) is 18.8 Å². The molecule has 1 aromatic carbocycles. The summed E-state index contributed by atoms with van der Waals surface area (Å²) in [6.07, 6.45) is 1.54. The molecule has 1 spiro atoms. The van der Waals surface area contributed by atoms with Crippen LogP contribution in [0.5, 0.6) is 5.75 Å². The highest BCUT2D eigenvalue weighted by molar-refractivity contribution is 5.96. The van der Waals surface area contributed by atoms with E-state index in [4.69, 9.17) is 24.0 Å². The van der Waals surface area contributed by atoms with Crippen LogP contribution in [0.4, 0.5) is 5.69 Å². The molecule has 1 saturated heterocycles. The highest BCUT2D eigenvalue weighted by atomic mass is 17.2. The summed E-state index contributed by atoms with van der Waals surface area (Å²) in [7, 11) is 0. The number of fused-ring (bicyclic) bond motifs is 3. The van der Waals surface area contributed by atoms with E-state index in [0.29, 0.717) is 66.1 Å². The van der Waals surface area contributed by atoms with E-state index in [-0.39, 0.29) is 29.6 Å². The van der Waals surface area contributed by atoms with Crippen molar-refractivity contribution in [1.82, 2.24) is 5.32 Å². The number of hydrogen-bond donors (Lipinski definition) is 6. The molecule has 5 heterocycles. The van der Waals surface area contributed by atoms with Crippen molar-refractivity contribution in [1.29, 1.82) is 0 Å². The molecule has 14 nitrogen and oxygen atoms in total. The number of nitrogens with zero attached hydrogens (tertiary/aromatic N) is 2. The molecule has 2 aromatic rings. The van der Waals surface area contributed by atoms with Gasteiger partial charge in [0.1, 0.15) is 54.2 Å². The van der Waals surface area contributed by atoms with Gasteiger partial charge in [-0.3, -0.25) is 14.6 Å². The Labute approximate surface area is 275 Å². The van der Waals surface area contributed by atoms with Crippen LogP contribution in [0.2, 0.25) is 0 Å². The van der Waals surface area contributed by atoms with Crippen molar-refractivity contribution in [2.45, 2.75) is 81.6 Å². The average molecular weight is 668 g/mol.